The van der Waals surface area contributed by atoms with E-state index < -0.39 is 5.92 Å². The number of rotatable bonds is 6. The number of amides is 2. The van der Waals surface area contributed by atoms with Crippen LogP contribution in [0.1, 0.15) is 36.0 Å². The van der Waals surface area contributed by atoms with Crippen molar-refractivity contribution in [3.05, 3.63) is 42.5 Å². The van der Waals surface area contributed by atoms with Crippen LogP contribution in [0.2, 0.25) is 0 Å². The molecule has 1 fully saturated rings. The Hall–Kier alpha value is -2.24. The molecule has 130 valence electrons. The van der Waals surface area contributed by atoms with E-state index in [1.165, 1.54) is 11.0 Å². The Balaban J connectivity index is 1.82. The SMILES string of the molecule is C=CC(=O)N(C)c1ccc(C(=O)NCCC2CCC(F)(F)C2)cc1. The van der Waals surface area contributed by atoms with Crippen molar-refractivity contribution in [3.8, 4) is 0 Å². The summed E-state index contributed by atoms with van der Waals surface area (Å²) in [7, 11) is 1.62. The highest BCUT2D eigenvalue weighted by molar-refractivity contribution is 6.01. The van der Waals surface area contributed by atoms with Crippen molar-refractivity contribution in [2.75, 3.05) is 18.5 Å². The van der Waals surface area contributed by atoms with Gasteiger partial charge in [0.05, 0.1) is 0 Å². The van der Waals surface area contributed by atoms with Crippen molar-refractivity contribution < 1.29 is 18.4 Å². The second-order valence-corrected chi connectivity index (χ2v) is 6.16. The highest BCUT2D eigenvalue weighted by atomic mass is 19.3. The molecule has 1 aromatic carbocycles. The molecule has 24 heavy (non-hydrogen) atoms. The first-order chi connectivity index (χ1) is 11.3. The van der Waals surface area contributed by atoms with E-state index in [1.54, 1.807) is 31.3 Å². The van der Waals surface area contributed by atoms with E-state index >= 15 is 0 Å². The first-order valence-corrected chi connectivity index (χ1v) is 7.98. The monoisotopic (exact) mass is 336 g/mol. The summed E-state index contributed by atoms with van der Waals surface area (Å²) in [5.74, 6) is -3.05. The van der Waals surface area contributed by atoms with Gasteiger partial charge in [-0.3, -0.25) is 9.59 Å². The predicted octanol–water partition coefficient (Wildman–Crippen LogP) is 3.39. The average Bonchev–Trinajstić information content (AvgIpc) is 2.92. The first-order valence-electron chi connectivity index (χ1n) is 7.98. The van der Waals surface area contributed by atoms with E-state index in [0.717, 1.165) is 0 Å². The zero-order valence-electron chi connectivity index (χ0n) is 13.7. The van der Waals surface area contributed by atoms with Crippen LogP contribution in [-0.4, -0.2) is 31.3 Å². The normalized spacial score (nSPS) is 18.9. The Morgan fingerprint density at radius 3 is 2.58 bits per heavy atom. The fraction of sp³-hybridized carbons (Fsp3) is 0.444. The molecule has 0 aromatic heterocycles. The largest absolute Gasteiger partial charge is 0.352 e. The highest BCUT2D eigenvalue weighted by Crippen LogP contribution is 2.40. The van der Waals surface area contributed by atoms with Gasteiger partial charge in [-0.1, -0.05) is 6.58 Å². The number of benzene rings is 1. The molecular weight excluding hydrogens is 314 g/mol. The van der Waals surface area contributed by atoms with Gasteiger partial charge in [0.1, 0.15) is 0 Å². The minimum atomic E-state index is -2.54. The molecule has 0 bridgehead atoms. The molecule has 6 heteroatoms. The van der Waals surface area contributed by atoms with Crippen LogP contribution in [-0.2, 0) is 4.79 Å². The molecule has 1 aliphatic rings. The molecule has 0 spiro atoms. The Morgan fingerprint density at radius 1 is 1.38 bits per heavy atom. The Bertz CT molecular complexity index is 614. The van der Waals surface area contributed by atoms with Crippen LogP contribution >= 0.6 is 0 Å². The second kappa shape index (κ2) is 7.55. The molecule has 2 rings (SSSR count). The van der Waals surface area contributed by atoms with Gasteiger partial charge in [0.2, 0.25) is 11.8 Å². The molecule has 1 N–H and O–H groups in total. The molecule has 1 saturated carbocycles. The number of nitrogens with one attached hydrogen (secondary N) is 1. The number of carbonyl (C=O) groups is 2. The Labute approximate surface area is 140 Å². The maximum Gasteiger partial charge on any atom is 0.251 e. The minimum absolute atomic E-state index is 0.0266. The molecule has 0 saturated heterocycles. The van der Waals surface area contributed by atoms with Crippen molar-refractivity contribution in [2.45, 2.75) is 31.6 Å². The van der Waals surface area contributed by atoms with E-state index in [4.69, 9.17) is 0 Å². The van der Waals surface area contributed by atoms with E-state index in [0.29, 0.717) is 30.6 Å². The zero-order chi connectivity index (χ0) is 17.7. The molecule has 4 nitrogen and oxygen atoms in total. The number of likely N-dealkylation sites (N-methyl/N-ethyl adjacent to an activating group) is 1. The lowest BCUT2D eigenvalue weighted by atomic mass is 10.0. The Morgan fingerprint density at radius 2 is 2.04 bits per heavy atom. The quantitative estimate of drug-likeness (QED) is 0.810. The fourth-order valence-corrected chi connectivity index (χ4v) is 2.88. The van der Waals surface area contributed by atoms with Gasteiger partial charge in [-0.05, 0) is 49.1 Å². The van der Waals surface area contributed by atoms with Crippen LogP contribution in [0.3, 0.4) is 0 Å². The molecule has 0 radical (unpaired) electrons. The van der Waals surface area contributed by atoms with Crippen LogP contribution in [0.25, 0.3) is 0 Å². The Kier molecular flexibility index (Phi) is 5.70. The molecule has 0 heterocycles. The van der Waals surface area contributed by atoms with Gasteiger partial charge in [0.15, 0.2) is 0 Å². The number of hydrogen-bond acceptors (Lipinski definition) is 2. The van der Waals surface area contributed by atoms with Crippen LogP contribution in [0.15, 0.2) is 36.9 Å². The van der Waals surface area contributed by atoms with Crippen molar-refractivity contribution in [1.29, 1.82) is 0 Å². The summed E-state index contributed by atoms with van der Waals surface area (Å²) in [6.07, 6.45) is 2.16. The minimum Gasteiger partial charge on any atom is -0.352 e. The summed E-state index contributed by atoms with van der Waals surface area (Å²) < 4.78 is 26.2. The number of hydrogen-bond donors (Lipinski definition) is 1. The van der Waals surface area contributed by atoms with E-state index in [9.17, 15) is 18.4 Å². The van der Waals surface area contributed by atoms with Crippen molar-refractivity contribution in [1.82, 2.24) is 5.32 Å². The summed E-state index contributed by atoms with van der Waals surface area (Å²) >= 11 is 0. The number of anilines is 1. The second-order valence-electron chi connectivity index (χ2n) is 6.16. The van der Waals surface area contributed by atoms with Crippen molar-refractivity contribution >= 4 is 17.5 Å². The van der Waals surface area contributed by atoms with Gasteiger partial charge in [-0.25, -0.2) is 8.78 Å². The maximum absolute atomic E-state index is 13.1. The third-order valence-electron chi connectivity index (χ3n) is 4.37. The third kappa shape index (κ3) is 4.63. The highest BCUT2D eigenvalue weighted by Gasteiger charge is 2.38. The van der Waals surface area contributed by atoms with Gasteiger partial charge in [0.25, 0.3) is 5.91 Å². The van der Waals surface area contributed by atoms with E-state index in [2.05, 4.69) is 11.9 Å². The summed E-state index contributed by atoms with van der Waals surface area (Å²) in [6.45, 7) is 3.81. The summed E-state index contributed by atoms with van der Waals surface area (Å²) in [4.78, 5) is 25.0. The van der Waals surface area contributed by atoms with E-state index in [1.807, 2.05) is 0 Å². The summed E-state index contributed by atoms with van der Waals surface area (Å²) in [6, 6.07) is 6.60. The molecule has 1 unspecified atom stereocenters. The molecule has 2 amide bonds. The van der Waals surface area contributed by atoms with Gasteiger partial charge < -0.3 is 10.2 Å². The summed E-state index contributed by atoms with van der Waals surface area (Å²) in [5, 5.41) is 2.76. The van der Waals surface area contributed by atoms with Gasteiger partial charge in [-0.2, -0.15) is 0 Å². The average molecular weight is 336 g/mol. The van der Waals surface area contributed by atoms with Gasteiger partial charge in [0, 0.05) is 37.7 Å². The molecule has 1 aliphatic carbocycles. The topological polar surface area (TPSA) is 49.4 Å². The van der Waals surface area contributed by atoms with Crippen molar-refractivity contribution in [2.24, 2.45) is 5.92 Å². The first kappa shape index (κ1) is 18.1. The van der Waals surface area contributed by atoms with Crippen molar-refractivity contribution in [3.63, 3.8) is 0 Å². The molecule has 1 aromatic rings. The zero-order valence-corrected chi connectivity index (χ0v) is 13.7. The van der Waals surface area contributed by atoms with Crippen LogP contribution in [0.5, 0.6) is 0 Å². The fourth-order valence-electron chi connectivity index (χ4n) is 2.88. The third-order valence-corrected chi connectivity index (χ3v) is 4.37. The number of alkyl halides is 2. The van der Waals surface area contributed by atoms with E-state index in [-0.39, 0.29) is 30.6 Å². The van der Waals surface area contributed by atoms with Crippen LogP contribution in [0, 0.1) is 5.92 Å². The standard InChI is InChI=1S/C18H22F2N2O2/c1-3-16(23)22(2)15-6-4-14(5-7-15)17(24)21-11-9-13-8-10-18(19,20)12-13/h3-7,13H,1,8-12H2,2H3,(H,21,24). The number of carbonyl (C=O) groups excluding carboxylic acids is 2. The maximum atomic E-state index is 13.1. The molecule has 1 atom stereocenters. The summed E-state index contributed by atoms with van der Waals surface area (Å²) in [5.41, 5.74) is 1.12. The smallest absolute Gasteiger partial charge is 0.251 e. The lowest BCUT2D eigenvalue weighted by Gasteiger charge is -2.15. The predicted molar refractivity (Wildman–Crippen MR) is 89.3 cm³/mol. The number of nitrogens with zero attached hydrogens (tertiary/aromatic N) is 1. The van der Waals surface area contributed by atoms with Gasteiger partial charge >= 0.3 is 0 Å². The van der Waals surface area contributed by atoms with Gasteiger partial charge in [-0.15, -0.1) is 0 Å². The van der Waals surface area contributed by atoms with Crippen LogP contribution < -0.4 is 10.2 Å². The lowest BCUT2D eigenvalue weighted by molar-refractivity contribution is -0.113. The number of halogens is 2. The molecule has 0 aliphatic heterocycles. The lowest BCUT2D eigenvalue weighted by Crippen LogP contribution is -2.26. The molecular formula is C18H22F2N2O2. The van der Waals surface area contributed by atoms with Crippen LogP contribution in [0.4, 0.5) is 14.5 Å².